The number of piperidine rings is 1. The van der Waals surface area contributed by atoms with E-state index in [0.717, 1.165) is 10.6 Å². The van der Waals surface area contributed by atoms with Gasteiger partial charge in [0.2, 0.25) is 0 Å². The van der Waals surface area contributed by atoms with Crippen molar-refractivity contribution in [3.05, 3.63) is 65.7 Å². The summed E-state index contributed by atoms with van der Waals surface area (Å²) in [4.78, 5) is 41.4. The van der Waals surface area contributed by atoms with E-state index in [1.807, 2.05) is 30.3 Å². The molecule has 2 aromatic carbocycles. The van der Waals surface area contributed by atoms with Gasteiger partial charge in [0.15, 0.2) is 0 Å². The van der Waals surface area contributed by atoms with Gasteiger partial charge in [-0.05, 0) is 54.3 Å². The van der Waals surface area contributed by atoms with Crippen molar-refractivity contribution in [3.8, 4) is 5.75 Å². The summed E-state index contributed by atoms with van der Waals surface area (Å²) in [5.41, 5.74) is 1.27. The number of hydroxylamine groups is 2. The lowest BCUT2D eigenvalue weighted by Gasteiger charge is -2.34. The minimum absolute atomic E-state index is 0.211. The minimum Gasteiger partial charge on any atom is -0.465 e. The Balaban J connectivity index is 1.50. The van der Waals surface area contributed by atoms with Crippen LogP contribution < -0.4 is 10.1 Å². The molecule has 2 atom stereocenters. The molecule has 9 heteroatoms. The van der Waals surface area contributed by atoms with Crippen LogP contribution in [0.25, 0.3) is 0 Å². The molecule has 1 amide bonds. The lowest BCUT2D eigenvalue weighted by atomic mass is 10.0. The number of benzene rings is 2. The van der Waals surface area contributed by atoms with E-state index < -0.39 is 23.3 Å². The molecule has 0 spiro atoms. The highest BCUT2D eigenvalue weighted by atomic mass is 35.5. The van der Waals surface area contributed by atoms with Crippen LogP contribution in [-0.2, 0) is 21.0 Å². The maximum Gasteiger partial charge on any atom is 0.340 e. The summed E-state index contributed by atoms with van der Waals surface area (Å²) in [5, 5.41) is 3.51. The second-order valence-electron chi connectivity index (χ2n) is 6.97. The molecule has 0 saturated carbocycles. The average molecular weight is 447 g/mol. The fourth-order valence-corrected chi connectivity index (χ4v) is 3.41. The van der Waals surface area contributed by atoms with Gasteiger partial charge in [0.05, 0.1) is 18.7 Å². The number of hydrogen-bond donors (Lipinski definition) is 1. The molecule has 0 bridgehead atoms. The summed E-state index contributed by atoms with van der Waals surface area (Å²) >= 11 is 5.70. The SMILES string of the molecule is COC(=O)c1ccc(OC(=O)[C@@H]2CC[C@@H](N(OCc3ccccc3)C(=O)Cl)CN2)cc1. The summed E-state index contributed by atoms with van der Waals surface area (Å²) < 4.78 is 10.0. The standard InChI is InChI=1S/C22H23ClN2O6/c1-29-20(26)16-7-10-18(11-8-16)31-21(27)19-12-9-17(13-24-19)25(22(23)28)30-14-15-5-3-2-4-6-15/h2-8,10-11,17,19,24H,9,12-14H2,1H3/t17-,19+/m1/s1. The molecule has 1 saturated heterocycles. The number of nitrogens with one attached hydrogen (secondary N) is 1. The highest BCUT2D eigenvalue weighted by molar-refractivity contribution is 6.62. The third-order valence-electron chi connectivity index (χ3n) is 4.88. The second kappa shape index (κ2) is 10.9. The number of halogens is 1. The molecule has 164 valence electrons. The number of carbonyl (C=O) groups is 3. The van der Waals surface area contributed by atoms with Crippen molar-refractivity contribution in [2.24, 2.45) is 0 Å². The fraction of sp³-hybridized carbons (Fsp3) is 0.318. The van der Waals surface area contributed by atoms with Crippen molar-refractivity contribution in [1.29, 1.82) is 0 Å². The average Bonchev–Trinajstić information content (AvgIpc) is 2.80. The summed E-state index contributed by atoms with van der Waals surface area (Å²) in [5.74, 6) is -0.589. The predicted octanol–water partition coefficient (Wildman–Crippen LogP) is 3.29. The second-order valence-corrected chi connectivity index (χ2v) is 7.29. The van der Waals surface area contributed by atoms with Gasteiger partial charge in [0.25, 0.3) is 0 Å². The first kappa shape index (κ1) is 22.7. The topological polar surface area (TPSA) is 94.2 Å². The van der Waals surface area contributed by atoms with Crippen LogP contribution in [0.3, 0.4) is 0 Å². The van der Waals surface area contributed by atoms with Crippen molar-refractivity contribution in [1.82, 2.24) is 10.4 Å². The molecule has 8 nitrogen and oxygen atoms in total. The Kier molecular flexibility index (Phi) is 8.00. The minimum atomic E-state index is -0.713. The molecule has 1 aliphatic heterocycles. The Morgan fingerprint density at radius 1 is 1.06 bits per heavy atom. The third kappa shape index (κ3) is 6.27. The highest BCUT2D eigenvalue weighted by Crippen LogP contribution is 2.20. The molecule has 1 fully saturated rings. The van der Waals surface area contributed by atoms with Crippen molar-refractivity contribution >= 4 is 28.9 Å². The molecular formula is C22H23ClN2O6. The number of hydrogen-bond acceptors (Lipinski definition) is 7. The number of carbonyl (C=O) groups excluding carboxylic acids is 3. The smallest absolute Gasteiger partial charge is 0.340 e. The first-order chi connectivity index (χ1) is 15.0. The van der Waals surface area contributed by atoms with Crippen LogP contribution in [0.5, 0.6) is 5.75 Å². The summed E-state index contributed by atoms with van der Waals surface area (Å²) in [6, 6.07) is 14.7. The van der Waals surface area contributed by atoms with Gasteiger partial charge in [0, 0.05) is 6.54 Å². The van der Waals surface area contributed by atoms with Crippen LogP contribution in [0.15, 0.2) is 54.6 Å². The van der Waals surface area contributed by atoms with E-state index in [0.29, 0.717) is 30.7 Å². The number of rotatable bonds is 7. The van der Waals surface area contributed by atoms with Crippen LogP contribution in [0, 0.1) is 0 Å². The number of amides is 1. The number of nitrogens with zero attached hydrogens (tertiary/aromatic N) is 1. The van der Waals surface area contributed by atoms with Gasteiger partial charge in [0.1, 0.15) is 18.4 Å². The fourth-order valence-electron chi connectivity index (χ4n) is 3.23. The number of methoxy groups -OCH3 is 1. The molecule has 1 N–H and O–H groups in total. The van der Waals surface area contributed by atoms with E-state index >= 15 is 0 Å². The third-order valence-corrected chi connectivity index (χ3v) is 5.05. The maximum atomic E-state index is 12.4. The van der Waals surface area contributed by atoms with E-state index in [4.69, 9.17) is 21.2 Å². The Bertz CT molecular complexity index is 898. The lowest BCUT2D eigenvalue weighted by molar-refractivity contribution is -0.155. The molecule has 0 aromatic heterocycles. The molecule has 0 aliphatic carbocycles. The van der Waals surface area contributed by atoms with Gasteiger partial charge >= 0.3 is 17.3 Å². The zero-order valence-corrected chi connectivity index (χ0v) is 17.7. The van der Waals surface area contributed by atoms with E-state index in [9.17, 15) is 14.4 Å². The highest BCUT2D eigenvalue weighted by Gasteiger charge is 2.32. The van der Waals surface area contributed by atoms with Crippen molar-refractivity contribution in [3.63, 3.8) is 0 Å². The van der Waals surface area contributed by atoms with Crippen LogP contribution in [0.1, 0.15) is 28.8 Å². The number of ether oxygens (including phenoxy) is 2. The van der Waals surface area contributed by atoms with Gasteiger partial charge in [-0.1, -0.05) is 30.3 Å². The Labute approximate surface area is 185 Å². The lowest BCUT2D eigenvalue weighted by Crippen LogP contribution is -2.53. The van der Waals surface area contributed by atoms with E-state index in [1.54, 1.807) is 0 Å². The Morgan fingerprint density at radius 3 is 2.35 bits per heavy atom. The maximum absolute atomic E-state index is 12.4. The van der Waals surface area contributed by atoms with E-state index in [1.165, 1.54) is 31.4 Å². The normalized spacial score (nSPS) is 18.1. The molecule has 1 aliphatic rings. The van der Waals surface area contributed by atoms with Crippen LogP contribution in [0.4, 0.5) is 4.79 Å². The summed E-state index contributed by atoms with van der Waals surface area (Å²) in [6.45, 7) is 0.539. The van der Waals surface area contributed by atoms with Crippen molar-refractivity contribution in [2.75, 3.05) is 13.7 Å². The molecule has 1 heterocycles. The molecular weight excluding hydrogens is 424 g/mol. The molecule has 31 heavy (non-hydrogen) atoms. The number of esters is 2. The van der Waals surface area contributed by atoms with E-state index in [2.05, 4.69) is 10.1 Å². The van der Waals surface area contributed by atoms with Gasteiger partial charge in [-0.2, -0.15) is 0 Å². The Hall–Kier alpha value is -2.94. The molecule has 3 rings (SSSR count). The van der Waals surface area contributed by atoms with Crippen molar-refractivity contribution in [2.45, 2.75) is 31.5 Å². The molecule has 0 unspecified atom stereocenters. The van der Waals surface area contributed by atoms with Gasteiger partial charge < -0.3 is 14.8 Å². The Morgan fingerprint density at radius 2 is 1.77 bits per heavy atom. The van der Waals surface area contributed by atoms with E-state index in [-0.39, 0.29) is 12.6 Å². The monoisotopic (exact) mass is 446 g/mol. The molecule has 0 radical (unpaired) electrons. The zero-order valence-electron chi connectivity index (χ0n) is 17.0. The van der Waals surface area contributed by atoms with Gasteiger partial charge in [-0.25, -0.2) is 14.7 Å². The quantitative estimate of drug-likeness (QED) is 0.229. The van der Waals surface area contributed by atoms with Gasteiger partial charge in [-0.3, -0.25) is 9.63 Å². The predicted molar refractivity (Wildman–Crippen MR) is 113 cm³/mol. The summed E-state index contributed by atoms with van der Waals surface area (Å²) in [7, 11) is 1.30. The van der Waals surface area contributed by atoms with Gasteiger partial charge in [-0.15, -0.1) is 0 Å². The van der Waals surface area contributed by atoms with Crippen molar-refractivity contribution < 1.29 is 28.7 Å². The summed E-state index contributed by atoms with van der Waals surface area (Å²) in [6.07, 6.45) is 0.959. The van der Waals surface area contributed by atoms with Crippen LogP contribution in [0.2, 0.25) is 0 Å². The first-order valence-electron chi connectivity index (χ1n) is 9.77. The molecule has 2 aromatic rings. The zero-order chi connectivity index (χ0) is 22.2. The largest absolute Gasteiger partial charge is 0.465 e. The first-order valence-corrected chi connectivity index (χ1v) is 10.1. The van der Waals surface area contributed by atoms with Crippen LogP contribution >= 0.6 is 11.6 Å². The van der Waals surface area contributed by atoms with Crippen LogP contribution in [-0.4, -0.2) is 48.1 Å².